The Hall–Kier alpha value is -1.90. The minimum Gasteiger partial charge on any atom is -0.507 e. The van der Waals surface area contributed by atoms with E-state index in [1.165, 1.54) is 0 Å². The highest BCUT2D eigenvalue weighted by Crippen LogP contribution is 2.43. The fraction of sp³-hybridized carbons (Fsp3) is 0.300. The number of alkyl halides is 5. The third kappa shape index (κ3) is 2.75. The summed E-state index contributed by atoms with van der Waals surface area (Å²) in [6, 6.07) is -0.912. The number of hydrogen-bond donors (Lipinski definition) is 3. The van der Waals surface area contributed by atoms with Crippen LogP contribution < -0.4 is 5.73 Å². The standard InChI is InChI=1S/C10H8F5NO3/c11-9(12,10(13,14)15)7(16)4-1-2-6(17)5(3-4)8(18)19/h1-3,7,17H,16H2,(H,18,19)/t7-/m0/s1. The van der Waals surface area contributed by atoms with Crippen molar-refractivity contribution >= 4 is 5.97 Å². The van der Waals surface area contributed by atoms with Gasteiger partial charge in [-0.2, -0.15) is 22.0 Å². The summed E-state index contributed by atoms with van der Waals surface area (Å²) in [7, 11) is 0. The lowest BCUT2D eigenvalue weighted by molar-refractivity contribution is -0.291. The predicted molar refractivity (Wildman–Crippen MR) is 53.0 cm³/mol. The number of aromatic hydroxyl groups is 1. The van der Waals surface area contributed by atoms with Crippen LogP contribution in [0.5, 0.6) is 5.75 Å². The average molecular weight is 285 g/mol. The molecule has 1 aromatic carbocycles. The summed E-state index contributed by atoms with van der Waals surface area (Å²) in [6.45, 7) is 0. The van der Waals surface area contributed by atoms with Crippen molar-refractivity contribution in [3.05, 3.63) is 29.3 Å². The Balaban J connectivity index is 3.25. The number of carboxylic acids is 1. The molecule has 0 aliphatic heterocycles. The number of phenols is 1. The van der Waals surface area contributed by atoms with Crippen LogP contribution in [0.3, 0.4) is 0 Å². The summed E-state index contributed by atoms with van der Waals surface area (Å²) in [5.74, 6) is -7.67. The van der Waals surface area contributed by atoms with Crippen LogP contribution >= 0.6 is 0 Å². The third-order valence-corrected chi connectivity index (χ3v) is 2.38. The quantitative estimate of drug-likeness (QED) is 0.744. The van der Waals surface area contributed by atoms with Gasteiger partial charge in [0, 0.05) is 0 Å². The minimum absolute atomic E-state index is 0.474. The Labute approximate surface area is 103 Å². The van der Waals surface area contributed by atoms with Gasteiger partial charge in [0.2, 0.25) is 0 Å². The summed E-state index contributed by atoms with van der Waals surface area (Å²) in [5, 5.41) is 17.7. The van der Waals surface area contributed by atoms with Crippen LogP contribution in [0.2, 0.25) is 0 Å². The van der Waals surface area contributed by atoms with Crippen molar-refractivity contribution in [3.8, 4) is 5.75 Å². The van der Waals surface area contributed by atoms with Crippen LogP contribution in [0.15, 0.2) is 18.2 Å². The summed E-state index contributed by atoms with van der Waals surface area (Å²) in [5.41, 5.74) is 3.27. The lowest BCUT2D eigenvalue weighted by atomic mass is 9.98. The van der Waals surface area contributed by atoms with E-state index in [9.17, 15) is 26.7 Å². The molecule has 1 atom stereocenters. The maximum atomic E-state index is 13.0. The zero-order chi connectivity index (χ0) is 15.0. The molecule has 0 aliphatic rings. The van der Waals surface area contributed by atoms with Crippen molar-refractivity contribution < 1.29 is 37.0 Å². The number of hydrogen-bond acceptors (Lipinski definition) is 3. The first-order valence-corrected chi connectivity index (χ1v) is 4.74. The Bertz CT molecular complexity index is 500. The van der Waals surface area contributed by atoms with Crippen molar-refractivity contribution in [1.82, 2.24) is 0 Å². The highest BCUT2D eigenvalue weighted by Gasteiger charge is 2.61. The molecule has 1 aromatic rings. The molecular weight excluding hydrogens is 277 g/mol. The van der Waals surface area contributed by atoms with E-state index in [0.717, 1.165) is 0 Å². The van der Waals surface area contributed by atoms with Gasteiger partial charge in [0.05, 0.1) is 0 Å². The highest BCUT2D eigenvalue weighted by atomic mass is 19.4. The van der Waals surface area contributed by atoms with Crippen molar-refractivity contribution in [2.75, 3.05) is 0 Å². The maximum absolute atomic E-state index is 13.0. The largest absolute Gasteiger partial charge is 0.507 e. The number of aromatic carboxylic acids is 1. The van der Waals surface area contributed by atoms with Crippen LogP contribution in [0.1, 0.15) is 22.0 Å². The van der Waals surface area contributed by atoms with E-state index in [4.69, 9.17) is 15.9 Å². The fourth-order valence-electron chi connectivity index (χ4n) is 1.30. The van der Waals surface area contributed by atoms with Crippen LogP contribution in [0, 0.1) is 0 Å². The zero-order valence-electron chi connectivity index (χ0n) is 9.08. The summed E-state index contributed by atoms with van der Waals surface area (Å²) in [4.78, 5) is 10.6. The Morgan fingerprint density at radius 1 is 1.21 bits per heavy atom. The maximum Gasteiger partial charge on any atom is 0.455 e. The minimum atomic E-state index is -5.87. The lowest BCUT2D eigenvalue weighted by Crippen LogP contribution is -2.45. The SMILES string of the molecule is N[C@@H](c1ccc(O)c(C(=O)O)c1)C(F)(F)C(F)(F)F. The molecule has 0 bridgehead atoms. The molecule has 0 spiro atoms. The molecule has 9 heteroatoms. The molecule has 106 valence electrons. The van der Waals surface area contributed by atoms with Gasteiger partial charge in [-0.1, -0.05) is 6.07 Å². The van der Waals surface area contributed by atoms with Gasteiger partial charge >= 0.3 is 18.1 Å². The monoisotopic (exact) mass is 285 g/mol. The van der Waals surface area contributed by atoms with Gasteiger partial charge in [-0.25, -0.2) is 4.79 Å². The van der Waals surface area contributed by atoms with Gasteiger partial charge in [-0.05, 0) is 17.7 Å². The third-order valence-electron chi connectivity index (χ3n) is 2.38. The number of carboxylic acid groups (broad SMARTS) is 1. The summed E-state index contributed by atoms with van der Waals surface area (Å²) < 4.78 is 62.3. The van der Waals surface area contributed by atoms with E-state index < -0.39 is 41.0 Å². The first-order chi connectivity index (χ1) is 8.48. The van der Waals surface area contributed by atoms with Crippen molar-refractivity contribution in [2.45, 2.75) is 18.1 Å². The zero-order valence-corrected chi connectivity index (χ0v) is 9.08. The number of halogens is 5. The lowest BCUT2D eigenvalue weighted by Gasteiger charge is -2.26. The average Bonchev–Trinajstić information content (AvgIpc) is 2.26. The molecule has 4 nitrogen and oxygen atoms in total. The van der Waals surface area contributed by atoms with Gasteiger partial charge in [-0.3, -0.25) is 0 Å². The van der Waals surface area contributed by atoms with Crippen LogP contribution in [0.4, 0.5) is 22.0 Å². The molecule has 0 saturated carbocycles. The van der Waals surface area contributed by atoms with Crippen molar-refractivity contribution in [3.63, 3.8) is 0 Å². The van der Waals surface area contributed by atoms with Gasteiger partial charge in [-0.15, -0.1) is 0 Å². The highest BCUT2D eigenvalue weighted by molar-refractivity contribution is 5.91. The van der Waals surface area contributed by atoms with Crippen molar-refractivity contribution in [2.24, 2.45) is 5.73 Å². The Morgan fingerprint density at radius 2 is 1.74 bits per heavy atom. The molecule has 0 heterocycles. The van der Waals surface area contributed by atoms with Gasteiger partial charge < -0.3 is 15.9 Å². The summed E-state index contributed by atoms with van der Waals surface area (Å²) in [6.07, 6.45) is -5.87. The Morgan fingerprint density at radius 3 is 2.16 bits per heavy atom. The van der Waals surface area contributed by atoms with E-state index in [0.29, 0.717) is 18.2 Å². The number of benzene rings is 1. The van der Waals surface area contributed by atoms with Crippen molar-refractivity contribution in [1.29, 1.82) is 0 Å². The van der Waals surface area contributed by atoms with Gasteiger partial charge in [0.25, 0.3) is 0 Å². The second kappa shape index (κ2) is 4.65. The van der Waals surface area contributed by atoms with Gasteiger partial charge in [0.1, 0.15) is 17.4 Å². The number of nitrogens with two attached hydrogens (primary N) is 1. The van der Waals surface area contributed by atoms with Gasteiger partial charge in [0.15, 0.2) is 0 Å². The molecule has 0 unspecified atom stereocenters. The van der Waals surface area contributed by atoms with E-state index in [2.05, 4.69) is 0 Å². The van der Waals surface area contributed by atoms with Crippen LogP contribution in [-0.2, 0) is 0 Å². The summed E-state index contributed by atoms with van der Waals surface area (Å²) >= 11 is 0. The molecule has 0 radical (unpaired) electrons. The number of rotatable bonds is 3. The Kier molecular flexibility index (Phi) is 3.71. The fourth-order valence-corrected chi connectivity index (χ4v) is 1.30. The normalized spacial score (nSPS) is 14.2. The molecule has 4 N–H and O–H groups in total. The first-order valence-electron chi connectivity index (χ1n) is 4.74. The van der Waals surface area contributed by atoms with Crippen LogP contribution in [0.25, 0.3) is 0 Å². The predicted octanol–water partition coefficient (Wildman–Crippen LogP) is 2.29. The smallest absolute Gasteiger partial charge is 0.455 e. The van der Waals surface area contributed by atoms with E-state index in [1.807, 2.05) is 0 Å². The molecular formula is C10H8F5NO3. The molecule has 0 aliphatic carbocycles. The van der Waals surface area contributed by atoms with Crippen LogP contribution in [-0.4, -0.2) is 28.3 Å². The second-order valence-corrected chi connectivity index (χ2v) is 3.68. The first kappa shape index (κ1) is 15.2. The van der Waals surface area contributed by atoms with E-state index >= 15 is 0 Å². The molecule has 19 heavy (non-hydrogen) atoms. The molecule has 0 fully saturated rings. The topological polar surface area (TPSA) is 83.5 Å². The molecule has 1 rings (SSSR count). The molecule has 0 saturated heterocycles. The van der Waals surface area contributed by atoms with E-state index in [-0.39, 0.29) is 0 Å². The number of carbonyl (C=O) groups is 1. The molecule has 0 aromatic heterocycles. The molecule has 0 amide bonds. The van der Waals surface area contributed by atoms with E-state index in [1.54, 1.807) is 0 Å². The second-order valence-electron chi connectivity index (χ2n) is 3.68.